The zero-order valence-corrected chi connectivity index (χ0v) is 12.7. The smallest absolute Gasteiger partial charge is 0.412 e. The number of H-pyrrole nitrogens is 1. The minimum Gasteiger partial charge on any atom is -0.465 e. The van der Waals surface area contributed by atoms with E-state index in [1.165, 1.54) is 17.3 Å². The third-order valence-corrected chi connectivity index (χ3v) is 3.03. The van der Waals surface area contributed by atoms with Crippen molar-refractivity contribution < 1.29 is 9.90 Å². The fourth-order valence-electron chi connectivity index (χ4n) is 1.99. The molecule has 8 heteroatoms. The summed E-state index contributed by atoms with van der Waals surface area (Å²) in [6.07, 6.45) is 3.85. The molecule has 2 aromatic rings. The Labute approximate surface area is 127 Å². The lowest BCUT2D eigenvalue weighted by atomic mass is 10.0. The summed E-state index contributed by atoms with van der Waals surface area (Å²) in [6, 6.07) is 0. The average Bonchev–Trinajstić information content (AvgIpc) is 2.78. The molecule has 0 aliphatic rings. The first-order valence-electron chi connectivity index (χ1n) is 6.31. The molecule has 0 saturated carbocycles. The number of amides is 1. The van der Waals surface area contributed by atoms with E-state index >= 15 is 0 Å². The molecule has 1 amide bonds. The molecule has 0 fully saturated rings. The largest absolute Gasteiger partial charge is 0.465 e. The van der Waals surface area contributed by atoms with Crippen LogP contribution in [-0.2, 0) is 6.42 Å². The number of aromatic amines is 1. The van der Waals surface area contributed by atoms with Crippen molar-refractivity contribution >= 4 is 23.4 Å². The summed E-state index contributed by atoms with van der Waals surface area (Å²) in [4.78, 5) is 20.9. The van der Waals surface area contributed by atoms with E-state index in [0.717, 1.165) is 0 Å². The van der Waals surface area contributed by atoms with Crippen molar-refractivity contribution in [3.8, 4) is 0 Å². The van der Waals surface area contributed by atoms with Crippen LogP contribution in [0.2, 0.25) is 5.15 Å². The number of anilines is 1. The van der Waals surface area contributed by atoms with Crippen LogP contribution in [0.15, 0.2) is 18.6 Å². The zero-order valence-electron chi connectivity index (χ0n) is 12.0. The lowest BCUT2D eigenvalue weighted by Crippen LogP contribution is -2.45. The number of carboxylic acid groups (broad SMARTS) is 1. The van der Waals surface area contributed by atoms with E-state index in [-0.39, 0.29) is 0 Å². The summed E-state index contributed by atoms with van der Waals surface area (Å²) in [5.41, 5.74) is 1.25. The third-order valence-electron chi connectivity index (χ3n) is 2.83. The van der Waals surface area contributed by atoms with Gasteiger partial charge in [-0.3, -0.25) is 15.0 Å². The molecule has 112 valence electrons. The summed E-state index contributed by atoms with van der Waals surface area (Å²) < 4.78 is 0. The molecule has 2 N–H and O–H groups in total. The number of hydrogen-bond acceptors (Lipinski definition) is 4. The maximum absolute atomic E-state index is 11.5. The summed E-state index contributed by atoms with van der Waals surface area (Å²) >= 11 is 5.70. The molecule has 2 aromatic heterocycles. The molecule has 0 radical (unpaired) electrons. The van der Waals surface area contributed by atoms with Gasteiger partial charge in [-0.1, -0.05) is 11.6 Å². The van der Waals surface area contributed by atoms with Crippen molar-refractivity contribution in [3.63, 3.8) is 0 Å². The van der Waals surface area contributed by atoms with Gasteiger partial charge >= 0.3 is 6.09 Å². The Morgan fingerprint density at radius 1 is 1.33 bits per heavy atom. The molecule has 0 saturated heterocycles. The Balaban J connectivity index is 2.33. The minimum atomic E-state index is -1.03. The summed E-state index contributed by atoms with van der Waals surface area (Å²) in [6.45, 7) is 5.46. The number of halogens is 1. The molecule has 0 aromatic carbocycles. The van der Waals surface area contributed by atoms with Crippen molar-refractivity contribution in [2.45, 2.75) is 32.7 Å². The maximum atomic E-state index is 11.5. The van der Waals surface area contributed by atoms with Gasteiger partial charge in [-0.05, 0) is 20.8 Å². The second-order valence-corrected chi connectivity index (χ2v) is 5.92. The van der Waals surface area contributed by atoms with Crippen molar-refractivity contribution in [3.05, 3.63) is 35.1 Å². The van der Waals surface area contributed by atoms with E-state index in [4.69, 9.17) is 11.6 Å². The van der Waals surface area contributed by atoms with Crippen LogP contribution in [0.3, 0.4) is 0 Å². The van der Waals surface area contributed by atoms with E-state index in [2.05, 4.69) is 20.2 Å². The third kappa shape index (κ3) is 3.49. The topological polar surface area (TPSA) is 95.0 Å². The normalized spacial score (nSPS) is 11.4. The van der Waals surface area contributed by atoms with Crippen LogP contribution in [0.1, 0.15) is 32.2 Å². The Kier molecular flexibility index (Phi) is 4.13. The van der Waals surface area contributed by atoms with Gasteiger partial charge in [0.25, 0.3) is 0 Å². The van der Waals surface area contributed by atoms with Gasteiger partial charge in [-0.15, -0.1) is 0 Å². The summed E-state index contributed by atoms with van der Waals surface area (Å²) in [7, 11) is 0. The Bertz CT molecular complexity index is 633. The van der Waals surface area contributed by atoms with Crippen LogP contribution < -0.4 is 4.90 Å². The predicted octanol–water partition coefficient (Wildman–Crippen LogP) is 2.73. The van der Waals surface area contributed by atoms with Crippen molar-refractivity contribution in [2.24, 2.45) is 0 Å². The monoisotopic (exact) mass is 309 g/mol. The fraction of sp³-hybridized carbons (Fsp3) is 0.385. The summed E-state index contributed by atoms with van der Waals surface area (Å²) in [5, 5.41) is 16.5. The van der Waals surface area contributed by atoms with E-state index in [1.54, 1.807) is 6.20 Å². The first kappa shape index (κ1) is 15.2. The van der Waals surface area contributed by atoms with E-state index < -0.39 is 11.6 Å². The number of nitrogens with zero attached hydrogens (tertiary/aromatic N) is 4. The molecule has 0 aliphatic heterocycles. The van der Waals surface area contributed by atoms with Gasteiger partial charge in [0.2, 0.25) is 0 Å². The van der Waals surface area contributed by atoms with Crippen molar-refractivity contribution in [1.82, 2.24) is 20.2 Å². The van der Waals surface area contributed by atoms with E-state index in [1.807, 2.05) is 20.8 Å². The minimum absolute atomic E-state index is 0.311. The quantitative estimate of drug-likeness (QED) is 0.909. The van der Waals surface area contributed by atoms with Crippen LogP contribution in [0.4, 0.5) is 10.5 Å². The first-order chi connectivity index (χ1) is 9.79. The zero-order chi connectivity index (χ0) is 15.6. The van der Waals surface area contributed by atoms with Crippen LogP contribution >= 0.6 is 11.6 Å². The molecule has 0 aliphatic carbocycles. The van der Waals surface area contributed by atoms with Gasteiger partial charge in [-0.25, -0.2) is 9.78 Å². The second-order valence-electron chi connectivity index (χ2n) is 5.53. The number of aromatic nitrogens is 4. The van der Waals surface area contributed by atoms with Gasteiger partial charge < -0.3 is 5.11 Å². The molecular weight excluding hydrogens is 294 g/mol. The van der Waals surface area contributed by atoms with Gasteiger partial charge in [-0.2, -0.15) is 5.10 Å². The first-order valence-corrected chi connectivity index (χ1v) is 6.68. The lowest BCUT2D eigenvalue weighted by Gasteiger charge is -2.32. The van der Waals surface area contributed by atoms with Gasteiger partial charge in [0.05, 0.1) is 35.7 Å². The van der Waals surface area contributed by atoms with Gasteiger partial charge in [0.15, 0.2) is 0 Å². The molecule has 21 heavy (non-hydrogen) atoms. The molecule has 0 unspecified atom stereocenters. The Morgan fingerprint density at radius 3 is 2.57 bits per heavy atom. The Morgan fingerprint density at radius 2 is 2.05 bits per heavy atom. The van der Waals surface area contributed by atoms with Crippen LogP contribution in [-0.4, -0.2) is 36.9 Å². The molecule has 2 rings (SSSR count). The molecule has 7 nitrogen and oxygen atoms in total. The number of nitrogens with one attached hydrogen (secondary N) is 1. The lowest BCUT2D eigenvalue weighted by molar-refractivity contribution is 0.195. The molecule has 0 spiro atoms. The highest BCUT2D eigenvalue weighted by Crippen LogP contribution is 2.27. The highest BCUT2D eigenvalue weighted by atomic mass is 35.5. The van der Waals surface area contributed by atoms with Crippen molar-refractivity contribution in [1.29, 1.82) is 0 Å². The number of rotatable bonds is 3. The highest BCUT2D eigenvalue weighted by Gasteiger charge is 2.30. The average molecular weight is 310 g/mol. The SMILES string of the molecule is CC(C)(C)N(C(=O)O)c1cn[nH]c1Cc1cnc(Cl)cn1. The Hall–Kier alpha value is -2.15. The highest BCUT2D eigenvalue weighted by molar-refractivity contribution is 6.29. The number of hydrogen-bond donors (Lipinski definition) is 2. The van der Waals surface area contributed by atoms with E-state index in [0.29, 0.717) is 28.6 Å². The molecule has 0 bridgehead atoms. The second kappa shape index (κ2) is 5.69. The molecular formula is C13H16ClN5O2. The molecule has 2 heterocycles. The summed E-state index contributed by atoms with van der Waals surface area (Å²) in [5.74, 6) is 0. The van der Waals surface area contributed by atoms with Gasteiger partial charge in [0.1, 0.15) is 5.15 Å². The predicted molar refractivity (Wildman–Crippen MR) is 78.7 cm³/mol. The molecule has 0 atom stereocenters. The van der Waals surface area contributed by atoms with Crippen LogP contribution in [0, 0.1) is 0 Å². The standard InChI is InChI=1S/C13H16ClN5O2/c1-13(2,3)19(12(20)21)10-6-17-18-9(10)4-8-5-16-11(14)7-15-8/h5-7H,4H2,1-3H3,(H,17,18)(H,20,21). The van der Waals surface area contributed by atoms with E-state index in [9.17, 15) is 9.90 Å². The van der Waals surface area contributed by atoms with Crippen molar-refractivity contribution in [2.75, 3.05) is 4.90 Å². The van der Waals surface area contributed by atoms with Crippen LogP contribution in [0.25, 0.3) is 0 Å². The maximum Gasteiger partial charge on any atom is 0.412 e. The number of carbonyl (C=O) groups is 1. The van der Waals surface area contributed by atoms with Gasteiger partial charge in [0, 0.05) is 12.0 Å². The van der Waals surface area contributed by atoms with Crippen LogP contribution in [0.5, 0.6) is 0 Å². The fourth-order valence-corrected chi connectivity index (χ4v) is 2.09.